The number of halogens is 3. The van der Waals surface area contributed by atoms with Gasteiger partial charge in [0.1, 0.15) is 36.5 Å². The minimum Gasteiger partial charge on any atom is -0.508 e. The van der Waals surface area contributed by atoms with E-state index in [0.717, 1.165) is 57.2 Å². The van der Waals surface area contributed by atoms with E-state index in [1.807, 2.05) is 25.1 Å². The highest BCUT2D eigenvalue weighted by Gasteiger charge is 2.64. The van der Waals surface area contributed by atoms with Crippen molar-refractivity contribution in [2.75, 3.05) is 44.3 Å². The Hall–Kier alpha value is -3.83. The van der Waals surface area contributed by atoms with E-state index >= 15 is 8.78 Å². The summed E-state index contributed by atoms with van der Waals surface area (Å²) in [6, 6.07) is 8.58. The number of nitrogens with one attached hydrogen (secondary N) is 1. The minimum absolute atomic E-state index is 0.00600. The molecule has 1 aliphatic carbocycles. The Labute approximate surface area is 289 Å². The molecule has 5 aliphatic heterocycles. The lowest BCUT2D eigenvalue weighted by molar-refractivity contribution is 0.0773. The van der Waals surface area contributed by atoms with Crippen molar-refractivity contribution in [3.63, 3.8) is 0 Å². The number of aromatic hydroxyl groups is 1. The number of hydrogen-bond acceptors (Lipinski definition) is 8. The van der Waals surface area contributed by atoms with Crippen molar-refractivity contribution in [1.29, 1.82) is 0 Å². The van der Waals surface area contributed by atoms with Gasteiger partial charge in [-0.1, -0.05) is 25.1 Å². The molecular formula is C39H42F3N5O3. The highest BCUT2D eigenvalue weighted by atomic mass is 19.1. The van der Waals surface area contributed by atoms with Crippen molar-refractivity contribution in [3.05, 3.63) is 47.5 Å². The van der Waals surface area contributed by atoms with Crippen LogP contribution in [-0.2, 0) is 6.42 Å². The largest absolute Gasteiger partial charge is 0.508 e. The molecule has 5 atom stereocenters. The molecule has 3 aromatic carbocycles. The summed E-state index contributed by atoms with van der Waals surface area (Å²) in [7, 11) is 0. The number of aryl methyl sites for hydroxylation is 1. The third-order valence-electron chi connectivity index (χ3n) is 13.0. The van der Waals surface area contributed by atoms with Gasteiger partial charge >= 0.3 is 6.01 Å². The Bertz CT molecular complexity index is 2060. The van der Waals surface area contributed by atoms with Crippen LogP contribution in [0.15, 0.2) is 30.3 Å². The zero-order valence-corrected chi connectivity index (χ0v) is 28.3. The first-order valence-corrected chi connectivity index (χ1v) is 18.4. The van der Waals surface area contributed by atoms with E-state index in [4.69, 9.17) is 19.4 Å². The molecule has 6 heterocycles. The maximum absolute atomic E-state index is 17.4. The second-order valence-corrected chi connectivity index (χ2v) is 15.8. The summed E-state index contributed by atoms with van der Waals surface area (Å²) >= 11 is 0. The number of aromatic nitrogens is 2. The summed E-state index contributed by atoms with van der Waals surface area (Å²) in [4.78, 5) is 14.2. The number of benzene rings is 3. The van der Waals surface area contributed by atoms with Crippen LogP contribution in [0.3, 0.4) is 0 Å². The monoisotopic (exact) mass is 685 g/mol. The lowest BCUT2D eigenvalue weighted by atomic mass is 9.91. The van der Waals surface area contributed by atoms with Gasteiger partial charge in [-0.15, -0.1) is 0 Å². The normalized spacial score (nSPS) is 29.5. The van der Waals surface area contributed by atoms with Crippen molar-refractivity contribution in [2.45, 2.75) is 81.6 Å². The smallest absolute Gasteiger partial charge is 0.319 e. The molecule has 0 amide bonds. The number of ether oxygens (including phenoxy) is 2. The summed E-state index contributed by atoms with van der Waals surface area (Å²) in [6.45, 7) is 5.14. The first kappa shape index (κ1) is 30.9. The molecule has 8 nitrogen and oxygen atoms in total. The molecule has 262 valence electrons. The number of hydrogen-bond donors (Lipinski definition) is 2. The van der Waals surface area contributed by atoms with E-state index in [1.165, 1.54) is 6.07 Å². The maximum Gasteiger partial charge on any atom is 0.319 e. The van der Waals surface area contributed by atoms with E-state index in [-0.39, 0.29) is 70.3 Å². The van der Waals surface area contributed by atoms with Gasteiger partial charge in [0.15, 0.2) is 17.4 Å². The quantitative estimate of drug-likeness (QED) is 0.241. The Morgan fingerprint density at radius 2 is 1.90 bits per heavy atom. The Kier molecular flexibility index (Phi) is 6.86. The molecule has 6 aliphatic rings. The van der Waals surface area contributed by atoms with Crippen molar-refractivity contribution >= 4 is 27.5 Å². The Morgan fingerprint density at radius 3 is 2.74 bits per heavy atom. The fourth-order valence-electron chi connectivity index (χ4n) is 10.4. The summed E-state index contributed by atoms with van der Waals surface area (Å²) in [5.74, 6) is -0.874. The molecule has 2 N–H and O–H groups in total. The van der Waals surface area contributed by atoms with E-state index in [0.29, 0.717) is 48.4 Å². The zero-order chi connectivity index (χ0) is 33.9. The second kappa shape index (κ2) is 11.1. The molecule has 1 spiro atoms. The molecule has 2 bridgehead atoms. The fraction of sp³-hybridized carbons (Fsp3) is 0.538. The number of phenols is 1. The molecular weight excluding hydrogens is 643 g/mol. The van der Waals surface area contributed by atoms with Crippen LogP contribution in [0.2, 0.25) is 0 Å². The predicted octanol–water partition coefficient (Wildman–Crippen LogP) is 6.68. The van der Waals surface area contributed by atoms with Crippen LogP contribution < -0.4 is 19.7 Å². The number of anilines is 1. The molecule has 0 radical (unpaired) electrons. The molecule has 5 fully saturated rings. The molecule has 10 rings (SSSR count). The first-order valence-electron chi connectivity index (χ1n) is 18.4. The van der Waals surface area contributed by atoms with Crippen LogP contribution in [0.1, 0.15) is 57.4 Å². The average Bonchev–Trinajstić information content (AvgIpc) is 3.85. The van der Waals surface area contributed by atoms with Gasteiger partial charge in [0, 0.05) is 31.6 Å². The van der Waals surface area contributed by atoms with Crippen LogP contribution in [0, 0.1) is 23.5 Å². The maximum atomic E-state index is 17.4. The van der Waals surface area contributed by atoms with E-state index < -0.39 is 23.3 Å². The highest BCUT2D eigenvalue weighted by Crippen LogP contribution is 2.59. The summed E-state index contributed by atoms with van der Waals surface area (Å²) in [5.41, 5.74) is 0.397. The average molecular weight is 686 g/mol. The fourth-order valence-corrected chi connectivity index (χ4v) is 10.4. The van der Waals surface area contributed by atoms with Crippen LogP contribution >= 0.6 is 0 Å². The SMILES string of the molecule is CCc1cccc2cc(O)cc(-c3c(F)c4c5c(nc(OC[C@@]67CCC8(CC8)N6C[C@H](F)C7)nc5c3F)N3CC5CCC(CNC5)C3CO4)c12. The van der Waals surface area contributed by atoms with Crippen LogP contribution in [0.5, 0.6) is 17.5 Å². The number of fused-ring (bicyclic) bond motifs is 9. The lowest BCUT2D eigenvalue weighted by Gasteiger charge is -2.37. The van der Waals surface area contributed by atoms with Gasteiger partial charge in [-0.05, 0) is 97.4 Å². The minimum atomic E-state index is -0.919. The molecule has 4 aromatic rings. The first-order chi connectivity index (χ1) is 24.3. The molecule has 11 heteroatoms. The van der Waals surface area contributed by atoms with E-state index in [2.05, 4.69) is 15.1 Å². The summed E-state index contributed by atoms with van der Waals surface area (Å²) in [5, 5.41) is 16.0. The van der Waals surface area contributed by atoms with Gasteiger partial charge < -0.3 is 24.8 Å². The van der Waals surface area contributed by atoms with Gasteiger partial charge in [-0.3, -0.25) is 4.90 Å². The third-order valence-corrected chi connectivity index (χ3v) is 13.0. The van der Waals surface area contributed by atoms with Crippen LogP contribution in [0.25, 0.3) is 32.8 Å². The van der Waals surface area contributed by atoms with Gasteiger partial charge in [0.2, 0.25) is 0 Å². The standard InChI is InChI=1S/C39H42F3N5O3/c1-2-22-4-3-5-23-12-26(48)13-27(29(22)23)30-32(41)34-31-35(33(30)42)49-19-28-24-7-6-21(15-43-16-24)17-46(28)36(31)45-37(44-34)50-20-39-11-10-38(8-9-38)47(39)18-25(40)14-39/h3-5,12-13,21,24-25,28,43,48H,2,6-11,14-20H2,1H3/t21?,24?,25-,28?,39+/m1/s1. The summed E-state index contributed by atoms with van der Waals surface area (Å²) < 4.78 is 62.4. The van der Waals surface area contributed by atoms with Gasteiger partial charge in [0.25, 0.3) is 0 Å². The van der Waals surface area contributed by atoms with E-state index in [1.54, 1.807) is 6.07 Å². The van der Waals surface area contributed by atoms with E-state index in [9.17, 15) is 9.50 Å². The van der Waals surface area contributed by atoms with Gasteiger partial charge in [0.05, 0.1) is 22.5 Å². The number of rotatable bonds is 5. The highest BCUT2D eigenvalue weighted by molar-refractivity contribution is 6.05. The lowest BCUT2D eigenvalue weighted by Crippen LogP contribution is -2.50. The molecule has 1 aromatic heterocycles. The number of nitrogens with zero attached hydrogens (tertiary/aromatic N) is 4. The zero-order valence-electron chi connectivity index (χ0n) is 28.3. The second-order valence-electron chi connectivity index (χ2n) is 15.8. The molecule has 50 heavy (non-hydrogen) atoms. The van der Waals surface area contributed by atoms with Crippen LogP contribution in [-0.4, -0.2) is 82.7 Å². The predicted molar refractivity (Wildman–Crippen MR) is 185 cm³/mol. The molecule has 4 saturated heterocycles. The topological polar surface area (TPSA) is 83.0 Å². The van der Waals surface area contributed by atoms with Gasteiger partial charge in [-0.25, -0.2) is 13.2 Å². The number of alkyl halides is 1. The molecule has 3 unspecified atom stereocenters. The third kappa shape index (κ3) is 4.51. The van der Waals surface area contributed by atoms with Crippen LogP contribution in [0.4, 0.5) is 19.0 Å². The molecule has 1 saturated carbocycles. The van der Waals surface area contributed by atoms with Crippen molar-refractivity contribution < 1.29 is 27.8 Å². The van der Waals surface area contributed by atoms with Crippen molar-refractivity contribution in [1.82, 2.24) is 20.2 Å². The summed E-state index contributed by atoms with van der Waals surface area (Å²) in [6.07, 6.45) is 6.17. The van der Waals surface area contributed by atoms with Crippen molar-refractivity contribution in [2.24, 2.45) is 11.8 Å². The van der Waals surface area contributed by atoms with Gasteiger partial charge in [-0.2, -0.15) is 9.97 Å². The Morgan fingerprint density at radius 1 is 1.04 bits per heavy atom. The number of phenolic OH excluding ortho intramolecular Hbond substituents is 1. The van der Waals surface area contributed by atoms with Crippen molar-refractivity contribution in [3.8, 4) is 28.6 Å². The Balaban J connectivity index is 1.17.